The second kappa shape index (κ2) is 7.92. The molecule has 1 aliphatic rings. The molecule has 0 saturated carbocycles. The molecular weight excluding hydrogens is 363 g/mol. The van der Waals surface area contributed by atoms with Crippen molar-refractivity contribution in [3.63, 3.8) is 0 Å². The van der Waals surface area contributed by atoms with Crippen molar-refractivity contribution in [3.8, 4) is 0 Å². The lowest BCUT2D eigenvalue weighted by molar-refractivity contribution is -0.137. The van der Waals surface area contributed by atoms with Crippen molar-refractivity contribution in [3.05, 3.63) is 28.8 Å². The van der Waals surface area contributed by atoms with Gasteiger partial charge in [0.25, 0.3) is 0 Å². The smallest absolute Gasteiger partial charge is 0.373 e. The highest BCUT2D eigenvalue weighted by molar-refractivity contribution is 6.30. The molecular formula is C15H17ClF3N3O3. The van der Waals surface area contributed by atoms with Crippen LogP contribution in [-0.2, 0) is 15.7 Å². The Morgan fingerprint density at radius 1 is 1.40 bits per heavy atom. The number of rotatable bonds is 3. The van der Waals surface area contributed by atoms with E-state index in [4.69, 9.17) is 16.3 Å². The molecule has 1 aromatic rings. The normalized spacial score (nSPS) is 18.0. The van der Waals surface area contributed by atoms with Gasteiger partial charge in [0.05, 0.1) is 24.0 Å². The minimum atomic E-state index is -4.65. The van der Waals surface area contributed by atoms with Crippen LogP contribution in [0, 0.1) is 0 Å². The number of halogens is 4. The average Bonchev–Trinajstić information content (AvgIpc) is 2.54. The molecule has 1 heterocycles. The number of alkyl halides is 3. The summed E-state index contributed by atoms with van der Waals surface area (Å²) in [4.78, 5) is 24.8. The van der Waals surface area contributed by atoms with Gasteiger partial charge in [-0.05, 0) is 18.2 Å². The number of benzene rings is 1. The summed E-state index contributed by atoms with van der Waals surface area (Å²) < 4.78 is 44.4. The van der Waals surface area contributed by atoms with Crippen LogP contribution in [0.2, 0.25) is 5.02 Å². The van der Waals surface area contributed by atoms with E-state index >= 15 is 0 Å². The van der Waals surface area contributed by atoms with Gasteiger partial charge >= 0.3 is 12.2 Å². The van der Waals surface area contributed by atoms with Gasteiger partial charge in [-0.3, -0.25) is 4.79 Å². The van der Waals surface area contributed by atoms with Crippen molar-refractivity contribution in [1.29, 1.82) is 0 Å². The van der Waals surface area contributed by atoms with Crippen LogP contribution in [-0.4, -0.2) is 49.2 Å². The summed E-state index contributed by atoms with van der Waals surface area (Å²) in [5.41, 5.74) is -1.43. The van der Waals surface area contributed by atoms with Crippen LogP contribution < -0.4 is 10.6 Å². The van der Waals surface area contributed by atoms with Crippen LogP contribution in [0.5, 0.6) is 0 Å². The van der Waals surface area contributed by atoms with Crippen molar-refractivity contribution >= 4 is 29.2 Å². The molecule has 2 rings (SSSR count). The standard InChI is InChI=1S/C15H17ClF3N3O3/c1-9(23)22-4-5-25-11(8-22)7-20-14(24)21-13-3-2-10(16)6-12(13)15(17,18)19/h2-3,6,11H,4-5,7-8H2,1H3,(H2,20,21,24)/t11-/m0/s1. The molecule has 0 aromatic heterocycles. The lowest BCUT2D eigenvalue weighted by Gasteiger charge is -2.32. The maximum absolute atomic E-state index is 13.0. The highest BCUT2D eigenvalue weighted by atomic mass is 35.5. The topological polar surface area (TPSA) is 70.7 Å². The summed E-state index contributed by atoms with van der Waals surface area (Å²) in [7, 11) is 0. The Balaban J connectivity index is 1.94. The van der Waals surface area contributed by atoms with Crippen LogP contribution in [0.3, 0.4) is 0 Å². The van der Waals surface area contributed by atoms with Gasteiger partial charge < -0.3 is 20.3 Å². The van der Waals surface area contributed by atoms with Gasteiger partial charge in [0.2, 0.25) is 5.91 Å². The average molecular weight is 380 g/mol. The molecule has 138 valence electrons. The zero-order chi connectivity index (χ0) is 18.6. The van der Waals surface area contributed by atoms with Gasteiger partial charge in [0.1, 0.15) is 0 Å². The van der Waals surface area contributed by atoms with E-state index in [1.54, 1.807) is 4.90 Å². The Hall–Kier alpha value is -2.00. The molecule has 10 heteroatoms. The van der Waals surface area contributed by atoms with Gasteiger partial charge in [-0.1, -0.05) is 11.6 Å². The van der Waals surface area contributed by atoms with Crippen LogP contribution >= 0.6 is 11.6 Å². The fraction of sp³-hybridized carbons (Fsp3) is 0.467. The first-order valence-electron chi connectivity index (χ1n) is 7.45. The Kier molecular flexibility index (Phi) is 6.12. The maximum atomic E-state index is 13.0. The van der Waals surface area contributed by atoms with Gasteiger partial charge in [-0.15, -0.1) is 0 Å². The minimum Gasteiger partial charge on any atom is -0.373 e. The molecule has 1 aromatic carbocycles. The zero-order valence-corrected chi connectivity index (χ0v) is 14.1. The number of morpholine rings is 1. The Morgan fingerprint density at radius 2 is 2.12 bits per heavy atom. The van der Waals surface area contributed by atoms with Crippen molar-refractivity contribution < 1.29 is 27.5 Å². The predicted octanol–water partition coefficient (Wildman–Crippen LogP) is 2.73. The second-order valence-electron chi connectivity index (χ2n) is 5.48. The number of nitrogens with zero attached hydrogens (tertiary/aromatic N) is 1. The summed E-state index contributed by atoms with van der Waals surface area (Å²) in [6, 6.07) is 2.27. The molecule has 0 bridgehead atoms. The molecule has 0 spiro atoms. The third-order valence-corrected chi connectivity index (χ3v) is 3.84. The van der Waals surface area contributed by atoms with Gasteiger partial charge in [0.15, 0.2) is 0 Å². The molecule has 1 fully saturated rings. The first kappa shape index (κ1) is 19.3. The molecule has 25 heavy (non-hydrogen) atoms. The maximum Gasteiger partial charge on any atom is 0.418 e. The molecule has 1 atom stereocenters. The summed E-state index contributed by atoms with van der Waals surface area (Å²) in [6.45, 7) is 2.61. The summed E-state index contributed by atoms with van der Waals surface area (Å²) in [5.74, 6) is -0.103. The van der Waals surface area contributed by atoms with Crippen LogP contribution in [0.25, 0.3) is 0 Å². The van der Waals surface area contributed by atoms with Crippen molar-refractivity contribution in [2.75, 3.05) is 31.6 Å². The van der Waals surface area contributed by atoms with Crippen molar-refractivity contribution in [2.24, 2.45) is 0 Å². The number of carbonyl (C=O) groups is 2. The predicted molar refractivity (Wildman–Crippen MR) is 85.5 cm³/mol. The summed E-state index contributed by atoms with van der Waals surface area (Å²) in [6.07, 6.45) is -5.07. The molecule has 1 aliphatic heterocycles. The number of nitrogens with one attached hydrogen (secondary N) is 2. The fourth-order valence-electron chi connectivity index (χ4n) is 2.36. The van der Waals surface area contributed by atoms with Gasteiger partial charge in [-0.25, -0.2) is 4.79 Å². The molecule has 0 aliphatic carbocycles. The number of ether oxygens (including phenoxy) is 1. The lowest BCUT2D eigenvalue weighted by Crippen LogP contribution is -2.49. The minimum absolute atomic E-state index is 0.0601. The SMILES string of the molecule is CC(=O)N1CCO[C@@H](CNC(=O)Nc2ccc(Cl)cc2C(F)(F)F)C1. The highest BCUT2D eigenvalue weighted by Crippen LogP contribution is 2.36. The molecule has 0 radical (unpaired) electrons. The van der Waals surface area contributed by atoms with Gasteiger partial charge in [-0.2, -0.15) is 13.2 Å². The van der Waals surface area contributed by atoms with Crippen LogP contribution in [0.4, 0.5) is 23.7 Å². The third-order valence-electron chi connectivity index (χ3n) is 3.61. The number of urea groups is 1. The zero-order valence-electron chi connectivity index (χ0n) is 13.3. The number of carbonyl (C=O) groups excluding carboxylic acids is 2. The fourth-order valence-corrected chi connectivity index (χ4v) is 2.53. The van der Waals surface area contributed by atoms with E-state index in [1.807, 2.05) is 0 Å². The van der Waals surface area contributed by atoms with E-state index in [9.17, 15) is 22.8 Å². The molecule has 2 N–H and O–H groups in total. The summed E-state index contributed by atoms with van der Waals surface area (Å²) >= 11 is 5.58. The monoisotopic (exact) mass is 379 g/mol. The molecule has 0 unspecified atom stereocenters. The molecule has 6 nitrogen and oxygen atoms in total. The first-order valence-corrected chi connectivity index (χ1v) is 7.83. The van der Waals surface area contributed by atoms with E-state index in [0.29, 0.717) is 19.7 Å². The molecule has 1 saturated heterocycles. The van der Waals surface area contributed by atoms with Gasteiger partial charge in [0, 0.05) is 31.6 Å². The summed E-state index contributed by atoms with van der Waals surface area (Å²) in [5, 5.41) is 4.51. The van der Waals surface area contributed by atoms with Crippen LogP contribution in [0.15, 0.2) is 18.2 Å². The number of hydrogen-bond donors (Lipinski definition) is 2. The number of anilines is 1. The van der Waals surface area contributed by atoms with Crippen LogP contribution in [0.1, 0.15) is 12.5 Å². The van der Waals surface area contributed by atoms with E-state index in [1.165, 1.54) is 13.0 Å². The molecule has 3 amide bonds. The van der Waals surface area contributed by atoms with E-state index in [2.05, 4.69) is 10.6 Å². The van der Waals surface area contributed by atoms with E-state index in [-0.39, 0.29) is 17.5 Å². The first-order chi connectivity index (χ1) is 11.7. The Bertz CT molecular complexity index is 655. The van der Waals surface area contributed by atoms with Crippen molar-refractivity contribution in [2.45, 2.75) is 19.2 Å². The largest absolute Gasteiger partial charge is 0.418 e. The Labute approximate surface area is 147 Å². The Morgan fingerprint density at radius 3 is 2.76 bits per heavy atom. The number of amides is 3. The lowest BCUT2D eigenvalue weighted by atomic mass is 10.1. The van der Waals surface area contributed by atoms with E-state index in [0.717, 1.165) is 12.1 Å². The van der Waals surface area contributed by atoms with Crippen molar-refractivity contribution in [1.82, 2.24) is 10.2 Å². The quantitative estimate of drug-likeness (QED) is 0.848. The third kappa shape index (κ3) is 5.50. The van der Waals surface area contributed by atoms with E-state index < -0.39 is 29.6 Å². The number of hydrogen-bond acceptors (Lipinski definition) is 3. The highest BCUT2D eigenvalue weighted by Gasteiger charge is 2.34. The second-order valence-corrected chi connectivity index (χ2v) is 5.92.